The highest BCUT2D eigenvalue weighted by molar-refractivity contribution is 5.63. The largest absolute Gasteiger partial charge is 0.393 e. The third-order valence-corrected chi connectivity index (χ3v) is 5.40. The molecule has 1 aromatic heterocycles. The van der Waals surface area contributed by atoms with Crippen LogP contribution < -0.4 is 0 Å². The molecular formula is C23H27N3O. The van der Waals surface area contributed by atoms with Gasteiger partial charge in [-0.3, -0.25) is 4.90 Å². The van der Waals surface area contributed by atoms with Crippen molar-refractivity contribution in [2.45, 2.75) is 39.3 Å². The van der Waals surface area contributed by atoms with E-state index >= 15 is 0 Å². The minimum atomic E-state index is -0.146. The molecule has 2 heterocycles. The van der Waals surface area contributed by atoms with Crippen molar-refractivity contribution in [1.29, 1.82) is 0 Å². The average Bonchev–Trinajstić information content (AvgIpc) is 3.10. The minimum Gasteiger partial charge on any atom is -0.393 e. The number of rotatable bonds is 4. The van der Waals surface area contributed by atoms with Crippen molar-refractivity contribution in [3.8, 4) is 16.9 Å². The van der Waals surface area contributed by atoms with Crippen LogP contribution in [-0.2, 0) is 6.54 Å². The van der Waals surface area contributed by atoms with Crippen molar-refractivity contribution in [3.63, 3.8) is 0 Å². The third-order valence-electron chi connectivity index (χ3n) is 5.40. The molecule has 0 atom stereocenters. The molecule has 4 nitrogen and oxygen atoms in total. The van der Waals surface area contributed by atoms with E-state index in [1.165, 1.54) is 16.7 Å². The zero-order valence-electron chi connectivity index (χ0n) is 16.1. The van der Waals surface area contributed by atoms with Crippen molar-refractivity contribution in [2.75, 3.05) is 13.1 Å². The molecule has 0 unspecified atom stereocenters. The first-order valence-electron chi connectivity index (χ1n) is 9.72. The zero-order chi connectivity index (χ0) is 18.8. The van der Waals surface area contributed by atoms with Crippen molar-refractivity contribution in [3.05, 3.63) is 71.4 Å². The van der Waals surface area contributed by atoms with Gasteiger partial charge in [-0.15, -0.1) is 0 Å². The van der Waals surface area contributed by atoms with Crippen molar-refractivity contribution in [2.24, 2.45) is 0 Å². The third kappa shape index (κ3) is 3.97. The Morgan fingerprint density at radius 1 is 1.04 bits per heavy atom. The molecule has 1 aliphatic heterocycles. The van der Waals surface area contributed by atoms with E-state index in [-0.39, 0.29) is 6.10 Å². The predicted molar refractivity (Wildman–Crippen MR) is 109 cm³/mol. The summed E-state index contributed by atoms with van der Waals surface area (Å²) in [7, 11) is 0. The smallest absolute Gasteiger partial charge is 0.0972 e. The number of likely N-dealkylation sites (tertiary alicyclic amines) is 1. The standard InChI is InChI=1S/C23H27N3O/c1-17-8-9-18(2)22(14-17)26-16-20(15-25-12-10-21(27)11-13-25)23(24-26)19-6-4-3-5-7-19/h3-9,14,16,21,27H,10-13,15H2,1-2H3. The Morgan fingerprint density at radius 2 is 1.78 bits per heavy atom. The van der Waals surface area contributed by atoms with Crippen LogP contribution in [0.1, 0.15) is 29.5 Å². The molecule has 0 bridgehead atoms. The van der Waals surface area contributed by atoms with E-state index in [0.717, 1.165) is 49.4 Å². The summed E-state index contributed by atoms with van der Waals surface area (Å²) in [6, 6.07) is 16.9. The van der Waals surface area contributed by atoms with E-state index in [4.69, 9.17) is 5.10 Å². The second-order valence-electron chi connectivity index (χ2n) is 7.61. The van der Waals surface area contributed by atoms with Gasteiger partial charge in [0.25, 0.3) is 0 Å². The zero-order valence-corrected chi connectivity index (χ0v) is 16.1. The molecular weight excluding hydrogens is 334 g/mol. The number of nitrogens with zero attached hydrogens (tertiary/aromatic N) is 3. The predicted octanol–water partition coefficient (Wildman–Crippen LogP) is 4.11. The van der Waals surface area contributed by atoms with Gasteiger partial charge in [0, 0.05) is 37.0 Å². The van der Waals surface area contributed by atoms with E-state index < -0.39 is 0 Å². The molecule has 0 amide bonds. The maximum absolute atomic E-state index is 9.79. The Labute approximate surface area is 161 Å². The Bertz CT molecular complexity index is 909. The Kier molecular flexibility index (Phi) is 5.10. The number of aryl methyl sites for hydroxylation is 2. The first-order chi connectivity index (χ1) is 13.1. The van der Waals surface area contributed by atoms with Crippen LogP contribution in [0.15, 0.2) is 54.7 Å². The number of benzene rings is 2. The quantitative estimate of drug-likeness (QED) is 0.760. The van der Waals surface area contributed by atoms with Crippen LogP contribution in [0.5, 0.6) is 0 Å². The molecule has 1 N–H and O–H groups in total. The SMILES string of the molecule is Cc1ccc(C)c(-n2cc(CN3CCC(O)CC3)c(-c3ccccc3)n2)c1. The number of aliphatic hydroxyl groups excluding tert-OH is 1. The molecule has 3 aromatic rings. The summed E-state index contributed by atoms with van der Waals surface area (Å²) in [5, 5.41) is 14.8. The number of aliphatic hydroxyl groups is 1. The molecule has 1 aliphatic rings. The molecule has 27 heavy (non-hydrogen) atoms. The molecule has 0 spiro atoms. The Balaban J connectivity index is 1.72. The van der Waals surface area contributed by atoms with Crippen molar-refractivity contribution < 1.29 is 5.11 Å². The highest BCUT2D eigenvalue weighted by atomic mass is 16.3. The number of hydrogen-bond acceptors (Lipinski definition) is 3. The lowest BCUT2D eigenvalue weighted by Gasteiger charge is -2.29. The highest BCUT2D eigenvalue weighted by Gasteiger charge is 2.20. The van der Waals surface area contributed by atoms with Gasteiger partial charge in [-0.1, -0.05) is 42.5 Å². The summed E-state index contributed by atoms with van der Waals surface area (Å²) < 4.78 is 2.03. The van der Waals surface area contributed by atoms with Crippen LogP contribution in [0.4, 0.5) is 0 Å². The van der Waals surface area contributed by atoms with E-state index in [0.29, 0.717) is 0 Å². The molecule has 140 valence electrons. The molecule has 1 saturated heterocycles. The maximum atomic E-state index is 9.79. The normalized spacial score (nSPS) is 16.0. The van der Waals surface area contributed by atoms with Gasteiger partial charge >= 0.3 is 0 Å². The number of hydrogen-bond donors (Lipinski definition) is 1. The summed E-state index contributed by atoms with van der Waals surface area (Å²) in [5.74, 6) is 0. The monoisotopic (exact) mass is 361 g/mol. The fourth-order valence-electron chi connectivity index (χ4n) is 3.77. The van der Waals surface area contributed by atoms with E-state index in [9.17, 15) is 5.11 Å². The van der Waals surface area contributed by atoms with Gasteiger partial charge in [-0.2, -0.15) is 5.10 Å². The Hall–Kier alpha value is -2.43. The first kappa shape index (κ1) is 18.0. The van der Waals surface area contributed by atoms with Crippen LogP contribution in [0, 0.1) is 13.8 Å². The first-order valence-corrected chi connectivity index (χ1v) is 9.72. The van der Waals surface area contributed by atoms with Crippen LogP contribution in [0.25, 0.3) is 16.9 Å². The number of piperidine rings is 1. The Morgan fingerprint density at radius 3 is 2.52 bits per heavy atom. The highest BCUT2D eigenvalue weighted by Crippen LogP contribution is 2.27. The minimum absolute atomic E-state index is 0.146. The molecule has 0 aliphatic carbocycles. The topological polar surface area (TPSA) is 41.3 Å². The van der Waals surface area contributed by atoms with Crippen molar-refractivity contribution >= 4 is 0 Å². The van der Waals surface area contributed by atoms with Crippen LogP contribution in [-0.4, -0.2) is 39.0 Å². The van der Waals surface area contributed by atoms with E-state index in [2.05, 4.69) is 67.4 Å². The van der Waals surface area contributed by atoms with Crippen LogP contribution >= 0.6 is 0 Å². The molecule has 4 heteroatoms. The van der Waals surface area contributed by atoms with Gasteiger partial charge < -0.3 is 5.11 Å². The van der Waals surface area contributed by atoms with Crippen LogP contribution in [0.2, 0.25) is 0 Å². The lowest BCUT2D eigenvalue weighted by Crippen LogP contribution is -2.35. The van der Waals surface area contributed by atoms with Gasteiger partial charge in [0.05, 0.1) is 17.5 Å². The second-order valence-corrected chi connectivity index (χ2v) is 7.61. The number of aromatic nitrogens is 2. The fraction of sp³-hybridized carbons (Fsp3) is 0.348. The lowest BCUT2D eigenvalue weighted by atomic mass is 10.1. The second kappa shape index (κ2) is 7.67. The summed E-state index contributed by atoms with van der Waals surface area (Å²) in [4.78, 5) is 2.42. The summed E-state index contributed by atoms with van der Waals surface area (Å²) >= 11 is 0. The van der Waals surface area contributed by atoms with E-state index in [1.54, 1.807) is 0 Å². The van der Waals surface area contributed by atoms with Crippen LogP contribution in [0.3, 0.4) is 0 Å². The van der Waals surface area contributed by atoms with Gasteiger partial charge in [0.1, 0.15) is 0 Å². The van der Waals surface area contributed by atoms with Crippen molar-refractivity contribution in [1.82, 2.24) is 14.7 Å². The van der Waals surface area contributed by atoms with Gasteiger partial charge in [0.2, 0.25) is 0 Å². The van der Waals surface area contributed by atoms with Gasteiger partial charge in [0.15, 0.2) is 0 Å². The molecule has 2 aromatic carbocycles. The summed E-state index contributed by atoms with van der Waals surface area (Å²) in [5.41, 5.74) is 7.01. The van der Waals surface area contributed by atoms with Gasteiger partial charge in [-0.25, -0.2) is 4.68 Å². The lowest BCUT2D eigenvalue weighted by molar-refractivity contribution is 0.0793. The fourth-order valence-corrected chi connectivity index (χ4v) is 3.77. The average molecular weight is 361 g/mol. The molecule has 4 rings (SSSR count). The maximum Gasteiger partial charge on any atom is 0.0972 e. The molecule has 0 radical (unpaired) electrons. The summed E-state index contributed by atoms with van der Waals surface area (Å²) in [6.07, 6.45) is 3.74. The van der Waals surface area contributed by atoms with E-state index in [1.807, 2.05) is 10.7 Å². The molecule has 0 saturated carbocycles. The van der Waals surface area contributed by atoms with Gasteiger partial charge in [-0.05, 0) is 43.9 Å². The molecule has 1 fully saturated rings. The summed E-state index contributed by atoms with van der Waals surface area (Å²) in [6.45, 7) is 6.98.